The smallest absolute Gasteiger partial charge is 0.219 e. The van der Waals surface area contributed by atoms with Crippen LogP contribution in [-0.2, 0) is 17.8 Å². The number of aromatic nitrogens is 1. The molecule has 0 saturated carbocycles. The number of hydrogen-bond acceptors (Lipinski definition) is 2. The van der Waals surface area contributed by atoms with E-state index in [0.717, 1.165) is 28.6 Å². The number of pyridine rings is 1. The van der Waals surface area contributed by atoms with Gasteiger partial charge in [-0.2, -0.15) is 0 Å². The molecule has 0 atom stereocenters. The second kappa shape index (κ2) is 5.70. The summed E-state index contributed by atoms with van der Waals surface area (Å²) in [5.41, 5.74) is 4.64. The molecule has 0 bridgehead atoms. The SMILES string of the molecule is CC(=O)N1CCc2nc3ccc(Br)cc3c(C)c2C1.Cl. The van der Waals surface area contributed by atoms with E-state index in [1.807, 2.05) is 17.0 Å². The van der Waals surface area contributed by atoms with Gasteiger partial charge in [0, 0.05) is 42.0 Å². The number of benzene rings is 1. The lowest BCUT2D eigenvalue weighted by molar-refractivity contribution is -0.129. The van der Waals surface area contributed by atoms with Gasteiger partial charge in [-0.25, -0.2) is 0 Å². The molecule has 0 unspecified atom stereocenters. The fourth-order valence-electron chi connectivity index (χ4n) is 2.69. The molecule has 0 radical (unpaired) electrons. The number of halogens is 2. The number of nitrogens with zero attached hydrogens (tertiary/aromatic N) is 2. The third-order valence-electron chi connectivity index (χ3n) is 3.83. The normalized spacial score (nSPS) is 13.8. The average Bonchev–Trinajstić information content (AvgIpc) is 2.39. The van der Waals surface area contributed by atoms with Gasteiger partial charge >= 0.3 is 0 Å². The van der Waals surface area contributed by atoms with Crippen molar-refractivity contribution in [1.29, 1.82) is 0 Å². The van der Waals surface area contributed by atoms with Crippen molar-refractivity contribution >= 4 is 45.1 Å². The summed E-state index contributed by atoms with van der Waals surface area (Å²) in [6.45, 7) is 5.22. The van der Waals surface area contributed by atoms with E-state index in [0.29, 0.717) is 6.54 Å². The standard InChI is InChI=1S/C15H15BrN2O.ClH/c1-9-12-7-11(16)3-4-14(12)17-15-5-6-18(10(2)19)8-13(9)15;/h3-4,7H,5-6,8H2,1-2H3;1H. The van der Waals surface area contributed by atoms with Gasteiger partial charge in [-0.1, -0.05) is 15.9 Å². The van der Waals surface area contributed by atoms with E-state index in [9.17, 15) is 4.79 Å². The number of fused-ring (bicyclic) bond motifs is 2. The Kier molecular flexibility index (Phi) is 4.35. The highest BCUT2D eigenvalue weighted by atomic mass is 79.9. The maximum atomic E-state index is 11.5. The molecule has 106 valence electrons. The fourth-order valence-corrected chi connectivity index (χ4v) is 3.06. The van der Waals surface area contributed by atoms with Crippen molar-refractivity contribution in [2.75, 3.05) is 6.54 Å². The van der Waals surface area contributed by atoms with E-state index >= 15 is 0 Å². The Morgan fingerprint density at radius 3 is 2.85 bits per heavy atom. The van der Waals surface area contributed by atoms with Gasteiger partial charge < -0.3 is 4.90 Å². The predicted octanol–water partition coefficient (Wildman–Crippen LogP) is 3.63. The van der Waals surface area contributed by atoms with Crippen LogP contribution in [0.4, 0.5) is 0 Å². The number of hydrogen-bond donors (Lipinski definition) is 0. The third-order valence-corrected chi connectivity index (χ3v) is 4.33. The van der Waals surface area contributed by atoms with Crippen molar-refractivity contribution in [2.24, 2.45) is 0 Å². The van der Waals surface area contributed by atoms with Gasteiger partial charge in [0.15, 0.2) is 0 Å². The lowest BCUT2D eigenvalue weighted by atomic mass is 9.97. The van der Waals surface area contributed by atoms with Crippen LogP contribution in [0.2, 0.25) is 0 Å². The van der Waals surface area contributed by atoms with Crippen LogP contribution in [0.25, 0.3) is 10.9 Å². The van der Waals surface area contributed by atoms with Crippen molar-refractivity contribution in [3.05, 3.63) is 39.5 Å². The monoisotopic (exact) mass is 354 g/mol. The number of carbonyl (C=O) groups is 1. The first-order valence-electron chi connectivity index (χ1n) is 6.39. The summed E-state index contributed by atoms with van der Waals surface area (Å²) in [7, 11) is 0. The molecule has 0 fully saturated rings. The minimum absolute atomic E-state index is 0. The van der Waals surface area contributed by atoms with E-state index in [4.69, 9.17) is 4.98 Å². The van der Waals surface area contributed by atoms with Crippen LogP contribution < -0.4 is 0 Å². The minimum Gasteiger partial charge on any atom is -0.338 e. The van der Waals surface area contributed by atoms with Crippen LogP contribution >= 0.6 is 28.3 Å². The Balaban J connectivity index is 0.00000147. The molecular weight excluding hydrogens is 340 g/mol. The molecule has 0 N–H and O–H groups in total. The highest BCUT2D eigenvalue weighted by Gasteiger charge is 2.22. The molecule has 1 aliphatic heterocycles. The van der Waals surface area contributed by atoms with Crippen molar-refractivity contribution < 1.29 is 4.79 Å². The third kappa shape index (κ3) is 2.54. The van der Waals surface area contributed by atoms with Crippen molar-refractivity contribution in [1.82, 2.24) is 9.88 Å². The summed E-state index contributed by atoms with van der Waals surface area (Å²) >= 11 is 3.51. The van der Waals surface area contributed by atoms with Crippen LogP contribution in [0.1, 0.15) is 23.7 Å². The quantitative estimate of drug-likeness (QED) is 0.723. The molecule has 1 aromatic carbocycles. The minimum atomic E-state index is 0. The summed E-state index contributed by atoms with van der Waals surface area (Å²) in [4.78, 5) is 18.2. The molecule has 0 spiro atoms. The van der Waals surface area contributed by atoms with Gasteiger partial charge in [-0.05, 0) is 36.2 Å². The van der Waals surface area contributed by atoms with Gasteiger partial charge in [0.2, 0.25) is 5.91 Å². The summed E-state index contributed by atoms with van der Waals surface area (Å²) in [5.74, 6) is 0.138. The first-order chi connectivity index (χ1) is 9.06. The largest absolute Gasteiger partial charge is 0.338 e. The highest BCUT2D eigenvalue weighted by molar-refractivity contribution is 9.10. The highest BCUT2D eigenvalue weighted by Crippen LogP contribution is 2.29. The summed E-state index contributed by atoms with van der Waals surface area (Å²) < 4.78 is 1.06. The lowest BCUT2D eigenvalue weighted by Gasteiger charge is -2.29. The molecule has 2 heterocycles. The van der Waals surface area contributed by atoms with Crippen LogP contribution in [0.5, 0.6) is 0 Å². The first kappa shape index (κ1) is 15.3. The van der Waals surface area contributed by atoms with Gasteiger partial charge in [-0.3, -0.25) is 9.78 Å². The molecule has 20 heavy (non-hydrogen) atoms. The van der Waals surface area contributed by atoms with E-state index in [1.54, 1.807) is 6.92 Å². The van der Waals surface area contributed by atoms with Gasteiger partial charge in [-0.15, -0.1) is 12.4 Å². The average molecular weight is 356 g/mol. The second-order valence-corrected chi connectivity index (χ2v) is 5.93. The van der Waals surface area contributed by atoms with Crippen molar-refractivity contribution in [3.63, 3.8) is 0 Å². The molecule has 3 rings (SSSR count). The molecule has 1 aliphatic rings. The maximum absolute atomic E-state index is 11.5. The Labute approximate surface area is 132 Å². The molecule has 3 nitrogen and oxygen atoms in total. The number of rotatable bonds is 0. The zero-order valence-electron chi connectivity index (χ0n) is 11.4. The number of aryl methyl sites for hydroxylation is 1. The van der Waals surface area contributed by atoms with Crippen LogP contribution in [-0.4, -0.2) is 22.3 Å². The summed E-state index contributed by atoms with van der Waals surface area (Å²) in [6.07, 6.45) is 0.849. The van der Waals surface area contributed by atoms with Crippen LogP contribution in [0, 0.1) is 6.92 Å². The molecule has 5 heteroatoms. The summed E-state index contributed by atoms with van der Waals surface area (Å²) in [6, 6.07) is 6.17. The lowest BCUT2D eigenvalue weighted by Crippen LogP contribution is -2.35. The number of carbonyl (C=O) groups excluding carboxylic acids is 1. The Bertz CT molecular complexity index is 687. The molecule has 1 amide bonds. The Morgan fingerprint density at radius 2 is 2.15 bits per heavy atom. The van der Waals surface area contributed by atoms with E-state index < -0.39 is 0 Å². The molecule has 0 saturated heterocycles. The van der Waals surface area contributed by atoms with E-state index in [1.165, 1.54) is 16.5 Å². The molecule has 2 aromatic rings. The van der Waals surface area contributed by atoms with Gasteiger partial charge in [0.05, 0.1) is 5.52 Å². The van der Waals surface area contributed by atoms with E-state index in [2.05, 4.69) is 28.9 Å². The van der Waals surface area contributed by atoms with Crippen LogP contribution in [0.15, 0.2) is 22.7 Å². The van der Waals surface area contributed by atoms with Crippen LogP contribution in [0.3, 0.4) is 0 Å². The maximum Gasteiger partial charge on any atom is 0.219 e. The van der Waals surface area contributed by atoms with Gasteiger partial charge in [0.1, 0.15) is 0 Å². The van der Waals surface area contributed by atoms with Gasteiger partial charge in [0.25, 0.3) is 0 Å². The zero-order valence-corrected chi connectivity index (χ0v) is 13.8. The topological polar surface area (TPSA) is 33.2 Å². The summed E-state index contributed by atoms with van der Waals surface area (Å²) in [5, 5.41) is 1.17. The fraction of sp³-hybridized carbons (Fsp3) is 0.333. The Hall–Kier alpha value is -1.13. The molecule has 1 aromatic heterocycles. The number of amides is 1. The zero-order chi connectivity index (χ0) is 13.6. The first-order valence-corrected chi connectivity index (χ1v) is 7.18. The van der Waals surface area contributed by atoms with Crippen molar-refractivity contribution in [2.45, 2.75) is 26.8 Å². The molecular formula is C15H16BrClN2O. The second-order valence-electron chi connectivity index (χ2n) is 5.01. The van der Waals surface area contributed by atoms with Crippen molar-refractivity contribution in [3.8, 4) is 0 Å². The van der Waals surface area contributed by atoms with E-state index in [-0.39, 0.29) is 18.3 Å². The Morgan fingerprint density at radius 1 is 1.40 bits per heavy atom. The predicted molar refractivity (Wildman–Crippen MR) is 86.2 cm³/mol. The molecule has 0 aliphatic carbocycles.